The molecule has 0 atom stereocenters. The van der Waals surface area contributed by atoms with E-state index in [1.807, 2.05) is 30.3 Å². The number of hydrogen-bond donors (Lipinski definition) is 1. The topological polar surface area (TPSA) is 97.6 Å². The molecule has 1 N–H and O–H groups in total. The first kappa shape index (κ1) is 22.4. The van der Waals surface area contributed by atoms with Crippen molar-refractivity contribution in [2.75, 3.05) is 19.0 Å². The molecular formula is C25H22N2O5. The second kappa shape index (κ2) is 11.2. The van der Waals surface area contributed by atoms with Crippen LogP contribution in [-0.2, 0) is 22.6 Å². The molecule has 1 amide bonds. The summed E-state index contributed by atoms with van der Waals surface area (Å²) in [6.07, 6.45) is 0.297. The number of nitrogens with zero attached hydrogens (tertiary/aromatic N) is 1. The molecule has 7 nitrogen and oxygen atoms in total. The van der Waals surface area contributed by atoms with Gasteiger partial charge in [0.25, 0.3) is 5.91 Å². The zero-order chi connectivity index (χ0) is 22.8. The fourth-order valence-corrected chi connectivity index (χ4v) is 2.86. The molecule has 3 aromatic rings. The predicted molar refractivity (Wildman–Crippen MR) is 118 cm³/mol. The van der Waals surface area contributed by atoms with Gasteiger partial charge in [0.2, 0.25) is 0 Å². The Morgan fingerprint density at radius 3 is 2.38 bits per heavy atom. The summed E-state index contributed by atoms with van der Waals surface area (Å²) in [5.41, 5.74) is 2.64. The Balaban J connectivity index is 1.53. The first-order chi connectivity index (χ1) is 15.6. The minimum Gasteiger partial charge on any atom is -0.493 e. The number of carbonyl (C=O) groups is 2. The number of esters is 1. The Morgan fingerprint density at radius 2 is 1.69 bits per heavy atom. The number of hydrogen-bond acceptors (Lipinski definition) is 6. The van der Waals surface area contributed by atoms with E-state index in [0.717, 1.165) is 11.1 Å². The Hall–Kier alpha value is -4.31. The number of anilines is 1. The normalized spacial score (nSPS) is 10.0. The van der Waals surface area contributed by atoms with Crippen LogP contribution in [0, 0.1) is 11.3 Å². The lowest BCUT2D eigenvalue weighted by molar-refractivity contribution is -0.119. The number of ether oxygens (including phenoxy) is 3. The van der Waals surface area contributed by atoms with Crippen molar-refractivity contribution in [3.05, 3.63) is 89.5 Å². The van der Waals surface area contributed by atoms with Crippen molar-refractivity contribution < 1.29 is 23.8 Å². The van der Waals surface area contributed by atoms with Gasteiger partial charge in [0, 0.05) is 5.69 Å². The maximum absolute atomic E-state index is 12.3. The van der Waals surface area contributed by atoms with E-state index in [1.165, 1.54) is 13.2 Å². The third-order valence-corrected chi connectivity index (χ3v) is 4.49. The molecule has 0 saturated heterocycles. The number of carbonyl (C=O) groups excluding carboxylic acids is 2. The first-order valence-electron chi connectivity index (χ1n) is 9.86. The SMILES string of the molecule is COc1cc(C(=O)OCC(=O)Nc2ccc(CC#N)cc2)ccc1OCc1ccccc1. The second-order valence-electron chi connectivity index (χ2n) is 6.80. The molecule has 7 heteroatoms. The van der Waals surface area contributed by atoms with Gasteiger partial charge in [-0.15, -0.1) is 0 Å². The van der Waals surface area contributed by atoms with Gasteiger partial charge in [-0.3, -0.25) is 4.79 Å². The fourth-order valence-electron chi connectivity index (χ4n) is 2.86. The molecule has 0 saturated carbocycles. The Kier molecular flexibility index (Phi) is 7.82. The van der Waals surface area contributed by atoms with Gasteiger partial charge in [-0.2, -0.15) is 5.26 Å². The minimum absolute atomic E-state index is 0.238. The molecular weight excluding hydrogens is 408 g/mol. The van der Waals surface area contributed by atoms with Crippen molar-refractivity contribution in [1.29, 1.82) is 5.26 Å². The van der Waals surface area contributed by atoms with Crippen LogP contribution in [0.25, 0.3) is 0 Å². The van der Waals surface area contributed by atoms with Gasteiger partial charge in [-0.25, -0.2) is 4.79 Å². The molecule has 0 aliphatic heterocycles. The number of rotatable bonds is 9. The number of methoxy groups -OCH3 is 1. The van der Waals surface area contributed by atoms with Gasteiger partial charge in [0.1, 0.15) is 6.61 Å². The highest BCUT2D eigenvalue weighted by Crippen LogP contribution is 2.29. The Labute approximate surface area is 186 Å². The third-order valence-electron chi connectivity index (χ3n) is 4.49. The first-order valence-corrected chi connectivity index (χ1v) is 9.86. The summed E-state index contributed by atoms with van der Waals surface area (Å²) < 4.78 is 16.2. The third kappa shape index (κ3) is 6.34. The van der Waals surface area contributed by atoms with Gasteiger partial charge in [0.05, 0.1) is 25.2 Å². The van der Waals surface area contributed by atoms with Crippen LogP contribution in [0.4, 0.5) is 5.69 Å². The zero-order valence-electron chi connectivity index (χ0n) is 17.5. The highest BCUT2D eigenvalue weighted by Gasteiger charge is 2.14. The average Bonchev–Trinajstić information content (AvgIpc) is 2.83. The largest absolute Gasteiger partial charge is 0.493 e. The number of nitrogens with one attached hydrogen (secondary N) is 1. The second-order valence-corrected chi connectivity index (χ2v) is 6.80. The van der Waals surface area contributed by atoms with Crippen molar-refractivity contribution in [3.8, 4) is 17.6 Å². The van der Waals surface area contributed by atoms with Crippen molar-refractivity contribution in [3.63, 3.8) is 0 Å². The van der Waals surface area contributed by atoms with Crippen LogP contribution >= 0.6 is 0 Å². The lowest BCUT2D eigenvalue weighted by Crippen LogP contribution is -2.21. The fraction of sp³-hybridized carbons (Fsp3) is 0.160. The summed E-state index contributed by atoms with van der Waals surface area (Å²) >= 11 is 0. The van der Waals surface area contributed by atoms with Crippen molar-refractivity contribution in [1.82, 2.24) is 0 Å². The van der Waals surface area contributed by atoms with Gasteiger partial charge >= 0.3 is 5.97 Å². The van der Waals surface area contributed by atoms with Crippen LogP contribution in [0.2, 0.25) is 0 Å². The molecule has 0 bridgehead atoms. The maximum Gasteiger partial charge on any atom is 0.338 e. The molecule has 0 unspecified atom stereocenters. The Bertz CT molecular complexity index is 1110. The molecule has 3 aromatic carbocycles. The summed E-state index contributed by atoms with van der Waals surface area (Å²) in [5.74, 6) is -0.249. The summed E-state index contributed by atoms with van der Waals surface area (Å²) in [4.78, 5) is 24.4. The summed E-state index contributed by atoms with van der Waals surface area (Å²) in [6.45, 7) is -0.0774. The van der Waals surface area contributed by atoms with Crippen LogP contribution in [0.15, 0.2) is 72.8 Å². The van der Waals surface area contributed by atoms with E-state index in [1.54, 1.807) is 36.4 Å². The van der Waals surface area contributed by atoms with E-state index < -0.39 is 18.5 Å². The zero-order valence-corrected chi connectivity index (χ0v) is 17.5. The molecule has 0 radical (unpaired) electrons. The predicted octanol–water partition coefficient (Wildman–Crippen LogP) is 4.14. The molecule has 0 spiro atoms. The minimum atomic E-state index is -0.655. The van der Waals surface area contributed by atoms with E-state index in [-0.39, 0.29) is 5.56 Å². The quantitative estimate of drug-likeness (QED) is 0.513. The summed E-state index contributed by atoms with van der Waals surface area (Å²) in [7, 11) is 1.48. The van der Waals surface area contributed by atoms with Crippen LogP contribution in [0.5, 0.6) is 11.5 Å². The molecule has 3 rings (SSSR count). The molecule has 162 valence electrons. The van der Waals surface area contributed by atoms with Crippen molar-refractivity contribution >= 4 is 17.6 Å². The Morgan fingerprint density at radius 1 is 0.938 bits per heavy atom. The standard InChI is InChI=1S/C25H22N2O5/c1-30-23-15-20(9-12-22(23)31-16-19-5-3-2-4-6-19)25(29)32-17-24(28)27-21-10-7-18(8-11-21)13-14-26/h2-12,15H,13,16-17H2,1H3,(H,27,28). The van der Waals surface area contributed by atoms with Crippen LogP contribution in [-0.4, -0.2) is 25.6 Å². The molecule has 0 aliphatic rings. The lowest BCUT2D eigenvalue weighted by Gasteiger charge is -2.12. The summed E-state index contributed by atoms with van der Waals surface area (Å²) in [6, 6.07) is 23.3. The lowest BCUT2D eigenvalue weighted by atomic mass is 10.1. The van der Waals surface area contributed by atoms with E-state index in [2.05, 4.69) is 11.4 Å². The van der Waals surface area contributed by atoms with Crippen LogP contribution < -0.4 is 14.8 Å². The molecule has 32 heavy (non-hydrogen) atoms. The highest BCUT2D eigenvalue weighted by atomic mass is 16.5. The van der Waals surface area contributed by atoms with Crippen LogP contribution in [0.3, 0.4) is 0 Å². The monoisotopic (exact) mass is 430 g/mol. The molecule has 0 heterocycles. The van der Waals surface area contributed by atoms with E-state index in [0.29, 0.717) is 30.2 Å². The summed E-state index contributed by atoms with van der Waals surface area (Å²) in [5, 5.41) is 11.3. The average molecular weight is 430 g/mol. The van der Waals surface area contributed by atoms with Gasteiger partial charge < -0.3 is 19.5 Å². The van der Waals surface area contributed by atoms with E-state index in [9.17, 15) is 9.59 Å². The highest BCUT2D eigenvalue weighted by molar-refractivity contribution is 5.95. The smallest absolute Gasteiger partial charge is 0.338 e. The van der Waals surface area contributed by atoms with Crippen molar-refractivity contribution in [2.45, 2.75) is 13.0 Å². The van der Waals surface area contributed by atoms with Gasteiger partial charge in [-0.1, -0.05) is 42.5 Å². The molecule has 0 aliphatic carbocycles. The van der Waals surface area contributed by atoms with E-state index in [4.69, 9.17) is 19.5 Å². The van der Waals surface area contributed by atoms with Gasteiger partial charge in [-0.05, 0) is 41.5 Å². The molecule has 0 aromatic heterocycles. The number of amides is 1. The van der Waals surface area contributed by atoms with Crippen molar-refractivity contribution in [2.24, 2.45) is 0 Å². The number of benzene rings is 3. The maximum atomic E-state index is 12.3. The number of nitriles is 1. The molecule has 0 fully saturated rings. The van der Waals surface area contributed by atoms with Gasteiger partial charge in [0.15, 0.2) is 18.1 Å². The van der Waals surface area contributed by atoms with E-state index >= 15 is 0 Å². The van der Waals surface area contributed by atoms with Crippen LogP contribution in [0.1, 0.15) is 21.5 Å².